The molecule has 9 atom stereocenters. The van der Waals surface area contributed by atoms with Gasteiger partial charge in [-0.1, -0.05) is 6.92 Å². The summed E-state index contributed by atoms with van der Waals surface area (Å²) < 4.78 is 13.3. The SMILES string of the molecule is C[S+]([O-])c1ccn(CC(=O)[C@H]2CC[C@H]3[C@@H]4CC[C@@H]5C[C@](C)(O)CC[C@@H]5[C@H]4CC[C@]23C)n1. The Morgan fingerprint density at radius 1 is 1.16 bits per heavy atom. The van der Waals surface area contributed by atoms with Crippen molar-refractivity contribution in [1.82, 2.24) is 9.78 Å². The molecule has 1 aromatic rings. The highest BCUT2D eigenvalue weighted by molar-refractivity contribution is 7.90. The maximum absolute atomic E-state index is 13.3. The van der Waals surface area contributed by atoms with Crippen molar-refractivity contribution in [3.05, 3.63) is 12.3 Å². The van der Waals surface area contributed by atoms with Gasteiger partial charge in [-0.25, -0.2) is 0 Å². The monoisotopic (exact) mass is 446 g/mol. The molecule has 5 nitrogen and oxygen atoms in total. The van der Waals surface area contributed by atoms with E-state index in [9.17, 15) is 14.5 Å². The van der Waals surface area contributed by atoms with Crippen molar-refractivity contribution in [3.8, 4) is 0 Å². The fourth-order valence-corrected chi connectivity index (χ4v) is 8.94. The van der Waals surface area contributed by atoms with E-state index in [2.05, 4.69) is 12.0 Å². The van der Waals surface area contributed by atoms with Gasteiger partial charge in [-0.05, 0) is 99.7 Å². The third kappa shape index (κ3) is 3.80. The number of ketones is 1. The molecule has 0 aromatic carbocycles. The maximum Gasteiger partial charge on any atom is 0.262 e. The summed E-state index contributed by atoms with van der Waals surface area (Å²) in [7, 11) is 0. The summed E-state index contributed by atoms with van der Waals surface area (Å²) >= 11 is -1.11. The second kappa shape index (κ2) is 7.88. The first-order chi connectivity index (χ1) is 14.7. The third-order valence-corrected chi connectivity index (χ3v) is 10.7. The summed E-state index contributed by atoms with van der Waals surface area (Å²) in [4.78, 5) is 13.3. The minimum atomic E-state index is -1.11. The van der Waals surface area contributed by atoms with Gasteiger partial charge < -0.3 is 9.66 Å². The Labute approximate surface area is 189 Å². The van der Waals surface area contributed by atoms with E-state index in [1.54, 1.807) is 23.2 Å². The zero-order valence-electron chi connectivity index (χ0n) is 19.3. The molecule has 0 amide bonds. The van der Waals surface area contributed by atoms with E-state index in [0.717, 1.165) is 43.4 Å². The smallest absolute Gasteiger partial charge is 0.262 e. The molecule has 0 spiro atoms. The molecule has 1 aromatic heterocycles. The van der Waals surface area contributed by atoms with Crippen molar-refractivity contribution in [2.24, 2.45) is 40.9 Å². The molecule has 5 rings (SSSR count). The van der Waals surface area contributed by atoms with E-state index >= 15 is 0 Å². The Morgan fingerprint density at radius 2 is 1.94 bits per heavy atom. The van der Waals surface area contributed by atoms with Gasteiger partial charge in [0.25, 0.3) is 5.03 Å². The van der Waals surface area contributed by atoms with Crippen LogP contribution in [0.25, 0.3) is 0 Å². The van der Waals surface area contributed by atoms with Gasteiger partial charge in [0.2, 0.25) is 0 Å². The number of hydrogen-bond acceptors (Lipinski definition) is 4. The topological polar surface area (TPSA) is 78.2 Å². The van der Waals surface area contributed by atoms with E-state index in [1.165, 1.54) is 32.1 Å². The third-order valence-electron chi connectivity index (χ3n) is 9.85. The standard InChI is InChI=1S/C25H38N2O3S/c1-24(29)11-8-17-16(14-24)4-5-19-18(17)9-12-25(2)20(19)6-7-21(25)22(28)15-27-13-10-23(26-27)31(3)30/h10,13,16-21,29H,4-9,11-12,14-15H2,1-3H3/t16-,17+,18-,19-,20+,21-,24-,25+,31?/m1/s1. The van der Waals surface area contributed by atoms with Crippen molar-refractivity contribution in [1.29, 1.82) is 0 Å². The van der Waals surface area contributed by atoms with E-state index in [4.69, 9.17) is 0 Å². The van der Waals surface area contributed by atoms with Gasteiger partial charge in [-0.2, -0.15) is 0 Å². The van der Waals surface area contributed by atoms with Crippen LogP contribution in [-0.2, 0) is 22.5 Å². The highest BCUT2D eigenvalue weighted by Gasteiger charge is 2.58. The molecule has 4 saturated carbocycles. The number of Topliss-reactive ketones (excluding diaryl/α,β-unsaturated/α-hetero) is 1. The molecule has 172 valence electrons. The Bertz CT molecular complexity index is 836. The summed E-state index contributed by atoms with van der Waals surface area (Å²) in [5.74, 6) is 4.15. The van der Waals surface area contributed by atoms with Gasteiger partial charge in [0.15, 0.2) is 5.78 Å². The average molecular weight is 447 g/mol. The number of carbonyl (C=O) groups is 1. The first-order valence-electron chi connectivity index (χ1n) is 12.3. The summed E-state index contributed by atoms with van der Waals surface area (Å²) in [5.41, 5.74) is -0.340. The molecule has 4 aliphatic carbocycles. The minimum absolute atomic E-state index is 0.120. The lowest BCUT2D eigenvalue weighted by atomic mass is 9.49. The lowest BCUT2D eigenvalue weighted by Gasteiger charge is -2.56. The Hall–Kier alpha value is -0.850. The number of aliphatic hydroxyl groups is 1. The molecule has 0 radical (unpaired) electrons. The molecule has 6 heteroatoms. The highest BCUT2D eigenvalue weighted by atomic mass is 32.2. The van der Waals surface area contributed by atoms with E-state index < -0.39 is 16.8 Å². The molecule has 4 fully saturated rings. The van der Waals surface area contributed by atoms with Crippen LogP contribution in [0.2, 0.25) is 0 Å². The van der Waals surface area contributed by atoms with Gasteiger partial charge in [-0.3, -0.25) is 9.48 Å². The van der Waals surface area contributed by atoms with Gasteiger partial charge in [0, 0.05) is 29.4 Å². The fourth-order valence-electron chi connectivity index (χ4n) is 8.46. The number of rotatable bonds is 4. The summed E-state index contributed by atoms with van der Waals surface area (Å²) in [6, 6.07) is 1.76. The van der Waals surface area contributed by atoms with Crippen molar-refractivity contribution < 1.29 is 14.5 Å². The lowest BCUT2D eigenvalue weighted by molar-refractivity contribution is -0.133. The molecule has 0 saturated heterocycles. The van der Waals surface area contributed by atoms with Gasteiger partial charge >= 0.3 is 0 Å². The number of fused-ring (bicyclic) bond motifs is 5. The Balaban J connectivity index is 1.29. The lowest BCUT2D eigenvalue weighted by Crippen LogP contribution is -2.51. The zero-order chi connectivity index (χ0) is 22.0. The second-order valence-corrected chi connectivity index (χ2v) is 12.9. The fraction of sp³-hybridized carbons (Fsp3) is 0.840. The molecule has 31 heavy (non-hydrogen) atoms. The van der Waals surface area contributed by atoms with E-state index in [1.807, 2.05) is 6.92 Å². The quantitative estimate of drug-likeness (QED) is 0.703. The molecule has 1 N–H and O–H groups in total. The number of nitrogens with zero attached hydrogens (tertiary/aromatic N) is 2. The number of aromatic nitrogens is 2. The van der Waals surface area contributed by atoms with Crippen LogP contribution in [0, 0.1) is 40.9 Å². The molecular formula is C25H38N2O3S. The molecule has 0 aliphatic heterocycles. The molecule has 4 aliphatic rings. The van der Waals surface area contributed by atoms with Crippen molar-refractivity contribution in [2.75, 3.05) is 6.26 Å². The number of carbonyl (C=O) groups excluding carboxylic acids is 1. The normalized spacial score (nSPS) is 45.5. The van der Waals surface area contributed by atoms with Crippen molar-refractivity contribution in [2.45, 2.75) is 88.8 Å². The summed E-state index contributed by atoms with van der Waals surface area (Å²) in [6.45, 7) is 4.73. The first kappa shape index (κ1) is 22.0. The minimum Gasteiger partial charge on any atom is -0.610 e. The van der Waals surface area contributed by atoms with Crippen LogP contribution in [0.5, 0.6) is 0 Å². The van der Waals surface area contributed by atoms with E-state index in [-0.39, 0.29) is 11.3 Å². The Morgan fingerprint density at radius 3 is 2.68 bits per heavy atom. The summed E-state index contributed by atoms with van der Waals surface area (Å²) in [6.07, 6.45) is 13.7. The van der Waals surface area contributed by atoms with Crippen LogP contribution in [-0.4, -0.2) is 37.1 Å². The van der Waals surface area contributed by atoms with E-state index in [0.29, 0.717) is 29.2 Å². The van der Waals surface area contributed by atoms with Crippen LogP contribution in [0.1, 0.15) is 71.6 Å². The van der Waals surface area contributed by atoms with Crippen LogP contribution in [0.15, 0.2) is 17.3 Å². The van der Waals surface area contributed by atoms with Crippen LogP contribution >= 0.6 is 0 Å². The molecular weight excluding hydrogens is 408 g/mol. The second-order valence-electron chi connectivity index (χ2n) is 11.6. The van der Waals surface area contributed by atoms with Crippen LogP contribution in [0.3, 0.4) is 0 Å². The van der Waals surface area contributed by atoms with Crippen molar-refractivity contribution in [3.63, 3.8) is 0 Å². The van der Waals surface area contributed by atoms with Crippen LogP contribution < -0.4 is 0 Å². The molecule has 1 unspecified atom stereocenters. The average Bonchev–Trinajstić information content (AvgIpc) is 3.31. The summed E-state index contributed by atoms with van der Waals surface area (Å²) in [5, 5.41) is 15.5. The van der Waals surface area contributed by atoms with Gasteiger partial charge in [0.05, 0.1) is 12.1 Å². The van der Waals surface area contributed by atoms with Gasteiger partial charge in [-0.15, -0.1) is 5.10 Å². The van der Waals surface area contributed by atoms with Gasteiger partial charge in [0.1, 0.15) is 6.26 Å². The largest absolute Gasteiger partial charge is 0.610 e. The molecule has 0 bridgehead atoms. The molecule has 1 heterocycles. The predicted molar refractivity (Wildman–Crippen MR) is 121 cm³/mol. The number of hydrogen-bond donors (Lipinski definition) is 1. The first-order valence-corrected chi connectivity index (χ1v) is 13.9. The zero-order valence-corrected chi connectivity index (χ0v) is 20.1. The van der Waals surface area contributed by atoms with Crippen LogP contribution in [0.4, 0.5) is 0 Å². The predicted octanol–water partition coefficient (Wildman–Crippen LogP) is 4.21. The van der Waals surface area contributed by atoms with Crippen molar-refractivity contribution >= 4 is 17.0 Å². The Kier molecular flexibility index (Phi) is 5.58. The maximum atomic E-state index is 13.3. The highest BCUT2D eigenvalue weighted by Crippen LogP contribution is 2.64.